The average Bonchev–Trinajstić information content (AvgIpc) is 2.71. The van der Waals surface area contributed by atoms with Gasteiger partial charge >= 0.3 is 0 Å². The summed E-state index contributed by atoms with van der Waals surface area (Å²) >= 11 is 12.7. The Balaban J connectivity index is 2.22. The predicted molar refractivity (Wildman–Crippen MR) is 84.3 cm³/mol. The maximum atomic E-state index is 12.2. The third kappa shape index (κ3) is 3.35. The smallest absolute Gasteiger partial charge is 0.207 e. The molecule has 0 amide bonds. The molecule has 3 nitrogen and oxygen atoms in total. The highest BCUT2D eigenvalue weighted by Crippen LogP contribution is 2.34. The number of hydrogen-bond acceptors (Lipinski definition) is 3. The third-order valence-corrected chi connectivity index (χ3v) is 6.24. The van der Waals surface area contributed by atoms with Crippen LogP contribution in [-0.2, 0) is 16.6 Å². The Labute approximate surface area is 132 Å². The van der Waals surface area contributed by atoms with E-state index >= 15 is 0 Å². The Bertz CT molecular complexity index is 739. The average molecular weight is 350 g/mol. The van der Waals surface area contributed by atoms with E-state index in [0.29, 0.717) is 4.34 Å². The molecule has 0 fully saturated rings. The van der Waals surface area contributed by atoms with E-state index in [1.54, 1.807) is 0 Å². The van der Waals surface area contributed by atoms with Gasteiger partial charge in [-0.25, -0.2) is 13.1 Å². The fourth-order valence-electron chi connectivity index (χ4n) is 1.76. The Morgan fingerprint density at radius 1 is 1.25 bits per heavy atom. The largest absolute Gasteiger partial charge is 0.243 e. The summed E-state index contributed by atoms with van der Waals surface area (Å²) in [4.78, 5) is 0.0273. The fraction of sp³-hybridized carbons (Fsp3) is 0.231. The summed E-state index contributed by atoms with van der Waals surface area (Å²) in [6.07, 6.45) is 0. The van der Waals surface area contributed by atoms with Crippen LogP contribution in [0.3, 0.4) is 0 Å². The lowest BCUT2D eigenvalue weighted by Crippen LogP contribution is -2.23. The molecule has 0 atom stereocenters. The van der Waals surface area contributed by atoms with Gasteiger partial charge < -0.3 is 0 Å². The molecule has 2 aromatic rings. The van der Waals surface area contributed by atoms with Gasteiger partial charge in [-0.05, 0) is 36.6 Å². The van der Waals surface area contributed by atoms with Gasteiger partial charge in [0.15, 0.2) is 0 Å². The van der Waals surface area contributed by atoms with Crippen LogP contribution in [0, 0.1) is 13.8 Å². The molecule has 0 aliphatic heterocycles. The van der Waals surface area contributed by atoms with E-state index in [1.165, 1.54) is 6.07 Å². The number of benzene rings is 1. The van der Waals surface area contributed by atoms with Crippen molar-refractivity contribution in [2.75, 3.05) is 0 Å². The van der Waals surface area contributed by atoms with Gasteiger partial charge in [0.05, 0.1) is 4.34 Å². The standard InChI is InChI=1S/C13H13Cl2NO2S2/c1-8-4-3-5-10(9(8)2)7-16-20(17,18)11-6-12(14)19-13(11)15/h3-6,16H,7H2,1-2H3. The molecule has 0 aliphatic rings. The first-order valence-electron chi connectivity index (χ1n) is 5.81. The first-order chi connectivity index (χ1) is 9.31. The lowest BCUT2D eigenvalue weighted by atomic mass is 10.0. The van der Waals surface area contributed by atoms with Crippen LogP contribution in [-0.4, -0.2) is 8.42 Å². The summed E-state index contributed by atoms with van der Waals surface area (Å²) in [6.45, 7) is 4.18. The Morgan fingerprint density at radius 2 is 1.95 bits per heavy atom. The van der Waals surface area contributed by atoms with Crippen LogP contribution >= 0.6 is 34.5 Å². The third-order valence-electron chi connectivity index (χ3n) is 3.08. The zero-order chi connectivity index (χ0) is 14.9. The second-order valence-electron chi connectivity index (χ2n) is 4.37. The Morgan fingerprint density at radius 3 is 2.55 bits per heavy atom. The van der Waals surface area contributed by atoms with Gasteiger partial charge in [-0.1, -0.05) is 41.4 Å². The molecule has 1 heterocycles. The van der Waals surface area contributed by atoms with Crippen molar-refractivity contribution in [3.8, 4) is 0 Å². The van der Waals surface area contributed by atoms with Gasteiger partial charge in [0.2, 0.25) is 10.0 Å². The van der Waals surface area contributed by atoms with E-state index in [9.17, 15) is 8.42 Å². The molecule has 1 aromatic heterocycles. The maximum absolute atomic E-state index is 12.2. The summed E-state index contributed by atoms with van der Waals surface area (Å²) in [6, 6.07) is 7.15. The van der Waals surface area contributed by atoms with Gasteiger partial charge in [-0.15, -0.1) is 11.3 Å². The van der Waals surface area contributed by atoms with Crippen LogP contribution in [0.25, 0.3) is 0 Å². The van der Waals surface area contributed by atoms with Gasteiger partial charge in [-0.3, -0.25) is 0 Å². The zero-order valence-corrected chi connectivity index (χ0v) is 14.1. The summed E-state index contributed by atoms with van der Waals surface area (Å²) in [7, 11) is -3.65. The van der Waals surface area contributed by atoms with Crippen molar-refractivity contribution in [3.63, 3.8) is 0 Å². The number of rotatable bonds is 4. The van der Waals surface area contributed by atoms with E-state index in [-0.39, 0.29) is 15.8 Å². The maximum Gasteiger partial charge on any atom is 0.243 e. The van der Waals surface area contributed by atoms with Gasteiger partial charge in [0, 0.05) is 6.54 Å². The minimum Gasteiger partial charge on any atom is -0.207 e. The van der Waals surface area contributed by atoms with Crippen molar-refractivity contribution in [1.29, 1.82) is 0 Å². The number of hydrogen-bond donors (Lipinski definition) is 1. The number of aryl methyl sites for hydroxylation is 1. The van der Waals surface area contributed by atoms with Crippen molar-refractivity contribution in [2.24, 2.45) is 0 Å². The van der Waals surface area contributed by atoms with Crippen molar-refractivity contribution >= 4 is 44.6 Å². The van der Waals surface area contributed by atoms with E-state index in [2.05, 4.69) is 4.72 Å². The second kappa shape index (κ2) is 6.03. The van der Waals surface area contributed by atoms with E-state index in [1.807, 2.05) is 32.0 Å². The molecule has 0 unspecified atom stereocenters. The van der Waals surface area contributed by atoms with Crippen LogP contribution < -0.4 is 4.72 Å². The highest BCUT2D eigenvalue weighted by molar-refractivity contribution is 7.89. The van der Waals surface area contributed by atoms with Crippen LogP contribution in [0.4, 0.5) is 0 Å². The van der Waals surface area contributed by atoms with Crippen molar-refractivity contribution in [2.45, 2.75) is 25.3 Å². The highest BCUT2D eigenvalue weighted by atomic mass is 35.5. The topological polar surface area (TPSA) is 46.2 Å². The monoisotopic (exact) mass is 349 g/mol. The highest BCUT2D eigenvalue weighted by Gasteiger charge is 2.20. The first-order valence-corrected chi connectivity index (χ1v) is 8.86. The second-order valence-corrected chi connectivity index (χ2v) is 8.39. The molecular formula is C13H13Cl2NO2S2. The minimum absolute atomic E-state index is 0.0273. The molecule has 7 heteroatoms. The number of thiophene rings is 1. The number of nitrogens with one attached hydrogen (secondary N) is 1. The number of halogens is 2. The molecular weight excluding hydrogens is 337 g/mol. The SMILES string of the molecule is Cc1cccc(CNS(=O)(=O)c2cc(Cl)sc2Cl)c1C. The molecule has 0 saturated heterocycles. The number of sulfonamides is 1. The molecule has 20 heavy (non-hydrogen) atoms. The molecule has 2 rings (SSSR count). The predicted octanol–water partition coefficient (Wildman–Crippen LogP) is 4.15. The van der Waals surface area contributed by atoms with Crippen LogP contribution in [0.15, 0.2) is 29.2 Å². The van der Waals surface area contributed by atoms with Crippen LogP contribution in [0.1, 0.15) is 16.7 Å². The molecule has 1 N–H and O–H groups in total. The van der Waals surface area contributed by atoms with E-state index < -0.39 is 10.0 Å². The van der Waals surface area contributed by atoms with Gasteiger partial charge in [-0.2, -0.15) is 0 Å². The fourth-order valence-corrected chi connectivity index (χ4v) is 4.92. The first kappa shape index (κ1) is 15.8. The molecule has 0 aliphatic carbocycles. The summed E-state index contributed by atoms with van der Waals surface area (Å²) in [5.41, 5.74) is 3.13. The molecule has 108 valence electrons. The molecule has 0 bridgehead atoms. The van der Waals surface area contributed by atoms with Gasteiger partial charge in [0.25, 0.3) is 0 Å². The summed E-state index contributed by atoms with van der Waals surface area (Å²) in [5, 5.41) is 0. The van der Waals surface area contributed by atoms with E-state index in [4.69, 9.17) is 23.2 Å². The Hall–Kier alpha value is -0.590. The van der Waals surface area contributed by atoms with E-state index in [0.717, 1.165) is 28.0 Å². The van der Waals surface area contributed by atoms with Gasteiger partial charge in [0.1, 0.15) is 9.23 Å². The van der Waals surface area contributed by atoms with Crippen molar-refractivity contribution in [3.05, 3.63) is 49.6 Å². The summed E-state index contributed by atoms with van der Waals surface area (Å²) in [5.74, 6) is 0. The quantitative estimate of drug-likeness (QED) is 0.900. The molecule has 0 radical (unpaired) electrons. The molecule has 0 spiro atoms. The van der Waals surface area contributed by atoms with Crippen LogP contribution in [0.5, 0.6) is 0 Å². The lowest BCUT2D eigenvalue weighted by Gasteiger charge is -2.10. The molecule has 1 aromatic carbocycles. The van der Waals surface area contributed by atoms with Crippen molar-refractivity contribution in [1.82, 2.24) is 4.72 Å². The zero-order valence-electron chi connectivity index (χ0n) is 10.9. The Kier molecular flexibility index (Phi) is 4.76. The van der Waals surface area contributed by atoms with Crippen molar-refractivity contribution < 1.29 is 8.42 Å². The molecule has 0 saturated carbocycles. The minimum atomic E-state index is -3.65. The normalized spacial score (nSPS) is 11.8. The summed E-state index contributed by atoms with van der Waals surface area (Å²) < 4.78 is 27.4. The van der Waals surface area contributed by atoms with Crippen LogP contribution in [0.2, 0.25) is 8.67 Å². The lowest BCUT2D eigenvalue weighted by molar-refractivity contribution is 0.581.